The van der Waals surface area contributed by atoms with Gasteiger partial charge in [-0.1, -0.05) is 46.3 Å². The SMILES string of the molecule is CC(C)(C)OC(=O)CCc1cccc(C2CCN(C(=O)c3cc4ccc(Br)cc4[nH]3)CC2)c1. The molecule has 6 heteroatoms. The number of amides is 1. The number of esters is 1. The highest BCUT2D eigenvalue weighted by molar-refractivity contribution is 9.10. The van der Waals surface area contributed by atoms with Gasteiger partial charge in [0.2, 0.25) is 0 Å². The number of benzene rings is 2. The number of nitrogens with zero attached hydrogens (tertiary/aromatic N) is 1. The lowest BCUT2D eigenvalue weighted by Crippen LogP contribution is -2.38. The van der Waals surface area contributed by atoms with Gasteiger partial charge in [0.05, 0.1) is 0 Å². The number of ether oxygens (including phenoxy) is 1. The summed E-state index contributed by atoms with van der Waals surface area (Å²) in [5.41, 5.74) is 3.60. The molecule has 174 valence electrons. The fourth-order valence-corrected chi connectivity index (χ4v) is 4.80. The first-order valence-electron chi connectivity index (χ1n) is 11.6. The summed E-state index contributed by atoms with van der Waals surface area (Å²) < 4.78 is 6.41. The number of aromatic nitrogens is 1. The zero-order valence-corrected chi connectivity index (χ0v) is 21.1. The molecule has 0 bridgehead atoms. The van der Waals surface area contributed by atoms with E-state index < -0.39 is 5.60 Å². The Balaban J connectivity index is 1.34. The largest absolute Gasteiger partial charge is 0.460 e. The van der Waals surface area contributed by atoms with E-state index >= 15 is 0 Å². The number of nitrogens with one attached hydrogen (secondary N) is 1. The number of hydrogen-bond donors (Lipinski definition) is 1. The van der Waals surface area contributed by atoms with E-state index in [0.717, 1.165) is 46.9 Å². The second kappa shape index (κ2) is 9.72. The smallest absolute Gasteiger partial charge is 0.306 e. The highest BCUT2D eigenvalue weighted by Gasteiger charge is 2.26. The third-order valence-electron chi connectivity index (χ3n) is 6.06. The molecule has 1 N–H and O–H groups in total. The number of aromatic amines is 1. The lowest BCUT2D eigenvalue weighted by molar-refractivity contribution is -0.154. The van der Waals surface area contributed by atoms with Gasteiger partial charge in [0.15, 0.2) is 0 Å². The predicted octanol–water partition coefficient (Wildman–Crippen LogP) is 6.22. The Bertz CT molecular complexity index is 1150. The third-order valence-corrected chi connectivity index (χ3v) is 6.55. The van der Waals surface area contributed by atoms with Gasteiger partial charge in [0, 0.05) is 34.9 Å². The molecule has 0 atom stereocenters. The summed E-state index contributed by atoms with van der Waals surface area (Å²) in [5.74, 6) is 0.324. The lowest BCUT2D eigenvalue weighted by atomic mass is 9.88. The molecule has 1 saturated heterocycles. The topological polar surface area (TPSA) is 62.4 Å². The monoisotopic (exact) mass is 510 g/mol. The molecule has 33 heavy (non-hydrogen) atoms. The lowest BCUT2D eigenvalue weighted by Gasteiger charge is -2.32. The van der Waals surface area contributed by atoms with Crippen LogP contribution in [0.5, 0.6) is 0 Å². The van der Waals surface area contributed by atoms with Crippen molar-refractivity contribution in [3.8, 4) is 0 Å². The van der Waals surface area contributed by atoms with Gasteiger partial charge in [0.25, 0.3) is 5.91 Å². The van der Waals surface area contributed by atoms with Crippen LogP contribution < -0.4 is 0 Å². The fourth-order valence-electron chi connectivity index (χ4n) is 4.44. The average Bonchev–Trinajstić information content (AvgIpc) is 3.19. The number of likely N-dealkylation sites (tertiary alicyclic amines) is 1. The zero-order chi connectivity index (χ0) is 23.6. The van der Waals surface area contributed by atoms with E-state index in [1.165, 1.54) is 5.56 Å². The molecule has 1 aliphatic rings. The van der Waals surface area contributed by atoms with Crippen LogP contribution in [0.15, 0.2) is 53.0 Å². The number of carbonyl (C=O) groups excluding carboxylic acids is 2. The highest BCUT2D eigenvalue weighted by atomic mass is 79.9. The Morgan fingerprint density at radius 3 is 2.58 bits per heavy atom. The number of aryl methyl sites for hydroxylation is 1. The van der Waals surface area contributed by atoms with Crippen molar-refractivity contribution in [2.24, 2.45) is 0 Å². The minimum absolute atomic E-state index is 0.0619. The van der Waals surface area contributed by atoms with Gasteiger partial charge in [-0.15, -0.1) is 0 Å². The maximum absolute atomic E-state index is 13.0. The van der Waals surface area contributed by atoms with Crippen molar-refractivity contribution in [3.63, 3.8) is 0 Å². The quantitative estimate of drug-likeness (QED) is 0.414. The third kappa shape index (κ3) is 6.05. The van der Waals surface area contributed by atoms with Crippen LogP contribution in [0, 0.1) is 0 Å². The molecule has 0 spiro atoms. The van der Waals surface area contributed by atoms with Crippen molar-refractivity contribution in [1.29, 1.82) is 0 Å². The van der Waals surface area contributed by atoms with Crippen molar-refractivity contribution >= 4 is 38.7 Å². The summed E-state index contributed by atoms with van der Waals surface area (Å²) in [6, 6.07) is 16.4. The predicted molar refractivity (Wildman–Crippen MR) is 134 cm³/mol. The van der Waals surface area contributed by atoms with Gasteiger partial charge < -0.3 is 14.6 Å². The van der Waals surface area contributed by atoms with Gasteiger partial charge in [-0.2, -0.15) is 0 Å². The second-order valence-electron chi connectivity index (χ2n) is 9.81. The highest BCUT2D eigenvalue weighted by Crippen LogP contribution is 2.30. The Morgan fingerprint density at radius 2 is 1.85 bits per heavy atom. The van der Waals surface area contributed by atoms with Crippen molar-refractivity contribution in [1.82, 2.24) is 9.88 Å². The molecule has 3 aromatic rings. The summed E-state index contributed by atoms with van der Waals surface area (Å²) in [6.07, 6.45) is 2.94. The first-order valence-corrected chi connectivity index (χ1v) is 12.4. The Morgan fingerprint density at radius 1 is 1.09 bits per heavy atom. The van der Waals surface area contributed by atoms with Crippen molar-refractivity contribution in [2.75, 3.05) is 13.1 Å². The van der Waals surface area contributed by atoms with Crippen LogP contribution in [0.25, 0.3) is 10.9 Å². The maximum atomic E-state index is 13.0. The minimum Gasteiger partial charge on any atom is -0.460 e. The number of carbonyl (C=O) groups is 2. The van der Waals surface area contributed by atoms with Crippen LogP contribution >= 0.6 is 15.9 Å². The van der Waals surface area contributed by atoms with Crippen LogP contribution in [0.1, 0.15) is 67.6 Å². The summed E-state index contributed by atoms with van der Waals surface area (Å²) in [7, 11) is 0. The summed E-state index contributed by atoms with van der Waals surface area (Å²) in [5, 5.41) is 1.04. The van der Waals surface area contributed by atoms with E-state index in [1.807, 2.05) is 49.9 Å². The van der Waals surface area contributed by atoms with Crippen LogP contribution in [-0.2, 0) is 16.0 Å². The molecule has 2 heterocycles. The summed E-state index contributed by atoms with van der Waals surface area (Å²) in [6.45, 7) is 7.15. The number of H-pyrrole nitrogens is 1. The minimum atomic E-state index is -0.450. The van der Waals surface area contributed by atoms with Gasteiger partial charge in [0.1, 0.15) is 11.3 Å². The molecular weight excluding hydrogens is 480 g/mol. The summed E-state index contributed by atoms with van der Waals surface area (Å²) in [4.78, 5) is 30.3. The number of rotatable bonds is 5. The number of hydrogen-bond acceptors (Lipinski definition) is 3. The van der Waals surface area contributed by atoms with Crippen molar-refractivity contribution in [3.05, 3.63) is 69.8 Å². The molecule has 0 saturated carbocycles. The molecule has 0 aliphatic carbocycles. The second-order valence-corrected chi connectivity index (χ2v) is 10.7. The van der Waals surface area contributed by atoms with Gasteiger partial charge in [-0.25, -0.2) is 0 Å². The van der Waals surface area contributed by atoms with Crippen LogP contribution in [-0.4, -0.2) is 40.5 Å². The number of piperidine rings is 1. The standard InChI is InChI=1S/C27H31BrN2O3/c1-27(2,3)33-25(31)10-7-18-5-4-6-20(15-18)19-11-13-30(14-12-19)26(32)24-16-21-8-9-22(28)17-23(21)29-24/h4-6,8-9,15-17,19,29H,7,10-14H2,1-3H3. The first-order chi connectivity index (χ1) is 15.7. The van der Waals surface area contributed by atoms with E-state index in [0.29, 0.717) is 24.5 Å². The van der Waals surface area contributed by atoms with E-state index in [2.05, 4.69) is 45.2 Å². The van der Waals surface area contributed by atoms with Gasteiger partial charge >= 0.3 is 5.97 Å². The molecule has 2 aromatic carbocycles. The molecule has 1 amide bonds. The molecular formula is C27H31BrN2O3. The molecule has 1 aliphatic heterocycles. The van der Waals surface area contributed by atoms with E-state index in [9.17, 15) is 9.59 Å². The molecule has 1 fully saturated rings. The zero-order valence-electron chi connectivity index (χ0n) is 19.5. The molecule has 0 unspecified atom stereocenters. The number of halogens is 1. The van der Waals surface area contributed by atoms with Crippen molar-refractivity contribution < 1.29 is 14.3 Å². The summed E-state index contributed by atoms with van der Waals surface area (Å²) >= 11 is 3.48. The van der Waals surface area contributed by atoms with Gasteiger partial charge in [-0.3, -0.25) is 9.59 Å². The van der Waals surface area contributed by atoms with Crippen LogP contribution in [0.3, 0.4) is 0 Å². The van der Waals surface area contributed by atoms with Crippen LogP contribution in [0.2, 0.25) is 0 Å². The van der Waals surface area contributed by atoms with E-state index in [-0.39, 0.29) is 11.9 Å². The molecule has 4 rings (SSSR count). The Hall–Kier alpha value is -2.60. The normalized spacial score (nSPS) is 15.1. The fraction of sp³-hybridized carbons (Fsp3) is 0.407. The number of fused-ring (bicyclic) bond motifs is 1. The van der Waals surface area contributed by atoms with E-state index in [4.69, 9.17) is 4.74 Å². The molecule has 5 nitrogen and oxygen atoms in total. The van der Waals surface area contributed by atoms with Crippen molar-refractivity contribution in [2.45, 2.75) is 58.0 Å². The molecule has 1 aromatic heterocycles. The maximum Gasteiger partial charge on any atom is 0.306 e. The van der Waals surface area contributed by atoms with Crippen LogP contribution in [0.4, 0.5) is 0 Å². The Kier molecular flexibility index (Phi) is 6.94. The average molecular weight is 511 g/mol. The van der Waals surface area contributed by atoms with E-state index in [1.54, 1.807) is 0 Å². The Labute approximate surface area is 203 Å². The first kappa shape index (κ1) is 23.6. The van der Waals surface area contributed by atoms with Gasteiger partial charge in [-0.05, 0) is 75.3 Å². The molecule has 0 radical (unpaired) electrons.